The van der Waals surface area contributed by atoms with Crippen LogP contribution in [0.2, 0.25) is 0 Å². The summed E-state index contributed by atoms with van der Waals surface area (Å²) in [6, 6.07) is 9.69. The van der Waals surface area contributed by atoms with Gasteiger partial charge in [0.05, 0.1) is 12.0 Å². The van der Waals surface area contributed by atoms with E-state index in [2.05, 4.69) is 29.8 Å². The maximum absolute atomic E-state index is 4.70. The van der Waals surface area contributed by atoms with E-state index in [1.807, 2.05) is 42.9 Å². The normalized spacial score (nSPS) is 10.7. The van der Waals surface area contributed by atoms with Gasteiger partial charge in [0.2, 0.25) is 0 Å². The van der Waals surface area contributed by atoms with Crippen LogP contribution in [0.3, 0.4) is 0 Å². The minimum atomic E-state index is 0.640. The van der Waals surface area contributed by atoms with Gasteiger partial charge in [0.1, 0.15) is 5.82 Å². The highest BCUT2D eigenvalue weighted by molar-refractivity contribution is 5.66. The predicted octanol–water partition coefficient (Wildman–Crippen LogP) is 3.30. The predicted molar refractivity (Wildman–Crippen MR) is 104 cm³/mol. The summed E-state index contributed by atoms with van der Waals surface area (Å²) in [6.45, 7) is 1.71. The molecule has 7 heteroatoms. The fourth-order valence-electron chi connectivity index (χ4n) is 2.72. The van der Waals surface area contributed by atoms with Crippen LogP contribution >= 0.6 is 0 Å². The Morgan fingerprint density at radius 2 is 1.70 bits per heavy atom. The number of pyridine rings is 2. The first-order chi connectivity index (χ1) is 13.4. The van der Waals surface area contributed by atoms with E-state index < -0.39 is 0 Å². The SMILES string of the molecule is c1cncc(-c2cc(NCCCn3ccnc3)nc(-c3cccnc3)n2)c1. The standard InChI is InChI=1S/C20H19N7/c1-4-16(13-21-6-1)18-12-19(24-8-3-10-27-11-9-23-15-27)26-20(25-18)17-5-2-7-22-14-17/h1-2,4-7,9,11-15H,3,8,10H2,(H,24,25,26). The number of nitrogens with zero attached hydrogens (tertiary/aromatic N) is 6. The molecule has 0 aliphatic heterocycles. The summed E-state index contributed by atoms with van der Waals surface area (Å²) in [4.78, 5) is 21.8. The molecular formula is C20H19N7. The van der Waals surface area contributed by atoms with Gasteiger partial charge >= 0.3 is 0 Å². The van der Waals surface area contributed by atoms with Crippen molar-refractivity contribution < 1.29 is 0 Å². The average molecular weight is 357 g/mol. The Hall–Kier alpha value is -3.61. The van der Waals surface area contributed by atoms with E-state index in [4.69, 9.17) is 4.98 Å². The smallest absolute Gasteiger partial charge is 0.163 e. The molecule has 0 fully saturated rings. The Balaban J connectivity index is 1.56. The van der Waals surface area contributed by atoms with Crippen LogP contribution in [0.15, 0.2) is 73.8 Å². The van der Waals surface area contributed by atoms with Crippen LogP contribution in [0, 0.1) is 0 Å². The highest BCUT2D eigenvalue weighted by Crippen LogP contribution is 2.23. The van der Waals surface area contributed by atoms with Crippen LogP contribution in [-0.4, -0.2) is 36.0 Å². The summed E-state index contributed by atoms with van der Waals surface area (Å²) in [5.74, 6) is 1.43. The number of hydrogen-bond donors (Lipinski definition) is 1. The molecule has 0 aromatic carbocycles. The van der Waals surface area contributed by atoms with Crippen molar-refractivity contribution in [3.8, 4) is 22.6 Å². The lowest BCUT2D eigenvalue weighted by molar-refractivity contribution is 0.660. The summed E-state index contributed by atoms with van der Waals surface area (Å²) >= 11 is 0. The van der Waals surface area contributed by atoms with Gasteiger partial charge in [0.25, 0.3) is 0 Å². The molecule has 1 N–H and O–H groups in total. The van der Waals surface area contributed by atoms with Gasteiger partial charge in [0, 0.05) is 67.5 Å². The summed E-state index contributed by atoms with van der Waals surface area (Å²) in [5.41, 5.74) is 2.66. The topological polar surface area (TPSA) is 81.4 Å². The van der Waals surface area contributed by atoms with Gasteiger partial charge in [-0.15, -0.1) is 0 Å². The molecule has 134 valence electrons. The number of nitrogens with one attached hydrogen (secondary N) is 1. The Morgan fingerprint density at radius 3 is 2.41 bits per heavy atom. The Kier molecular flexibility index (Phi) is 5.10. The highest BCUT2D eigenvalue weighted by atomic mass is 15.0. The molecular weight excluding hydrogens is 338 g/mol. The van der Waals surface area contributed by atoms with E-state index >= 15 is 0 Å². The molecule has 0 aliphatic carbocycles. The van der Waals surface area contributed by atoms with E-state index in [1.54, 1.807) is 31.0 Å². The third-order valence-corrected chi connectivity index (χ3v) is 4.06. The maximum atomic E-state index is 4.70. The van der Waals surface area contributed by atoms with Crippen LogP contribution in [-0.2, 0) is 6.54 Å². The number of hydrogen-bond acceptors (Lipinski definition) is 6. The molecule has 0 atom stereocenters. The zero-order valence-corrected chi connectivity index (χ0v) is 14.7. The number of rotatable bonds is 7. The summed E-state index contributed by atoms with van der Waals surface area (Å²) in [7, 11) is 0. The maximum Gasteiger partial charge on any atom is 0.163 e. The second-order valence-corrected chi connectivity index (χ2v) is 6.03. The van der Waals surface area contributed by atoms with Gasteiger partial charge in [-0.05, 0) is 30.7 Å². The Labute approximate surface area is 157 Å². The minimum absolute atomic E-state index is 0.640. The molecule has 0 amide bonds. The van der Waals surface area contributed by atoms with Gasteiger partial charge in [-0.3, -0.25) is 9.97 Å². The summed E-state index contributed by atoms with van der Waals surface area (Å²) in [6.07, 6.45) is 13.6. The minimum Gasteiger partial charge on any atom is -0.370 e. The molecule has 4 heterocycles. The third-order valence-electron chi connectivity index (χ3n) is 4.06. The first-order valence-corrected chi connectivity index (χ1v) is 8.78. The second kappa shape index (κ2) is 8.18. The van der Waals surface area contributed by atoms with Crippen molar-refractivity contribution in [2.75, 3.05) is 11.9 Å². The zero-order valence-electron chi connectivity index (χ0n) is 14.7. The average Bonchev–Trinajstić information content (AvgIpc) is 3.26. The van der Waals surface area contributed by atoms with Crippen molar-refractivity contribution in [1.82, 2.24) is 29.5 Å². The quantitative estimate of drug-likeness (QED) is 0.511. The molecule has 7 nitrogen and oxygen atoms in total. The van der Waals surface area contributed by atoms with Gasteiger partial charge < -0.3 is 9.88 Å². The lowest BCUT2D eigenvalue weighted by Crippen LogP contribution is -2.08. The first-order valence-electron chi connectivity index (χ1n) is 8.78. The molecule has 4 rings (SSSR count). The van der Waals surface area contributed by atoms with Crippen LogP contribution in [0.5, 0.6) is 0 Å². The summed E-state index contributed by atoms with van der Waals surface area (Å²) < 4.78 is 2.06. The van der Waals surface area contributed by atoms with Crippen molar-refractivity contribution in [3.05, 3.63) is 73.8 Å². The van der Waals surface area contributed by atoms with E-state index in [9.17, 15) is 0 Å². The largest absolute Gasteiger partial charge is 0.370 e. The van der Waals surface area contributed by atoms with Crippen LogP contribution in [0.4, 0.5) is 5.82 Å². The zero-order chi connectivity index (χ0) is 18.3. The lowest BCUT2D eigenvalue weighted by Gasteiger charge is -2.10. The van der Waals surface area contributed by atoms with E-state index in [1.165, 1.54) is 0 Å². The van der Waals surface area contributed by atoms with Gasteiger partial charge in [-0.25, -0.2) is 15.0 Å². The molecule has 0 saturated heterocycles. The molecule has 4 aromatic rings. The van der Waals surface area contributed by atoms with Gasteiger partial charge in [0.15, 0.2) is 5.82 Å². The molecule has 27 heavy (non-hydrogen) atoms. The van der Waals surface area contributed by atoms with Crippen molar-refractivity contribution in [3.63, 3.8) is 0 Å². The van der Waals surface area contributed by atoms with E-state index in [-0.39, 0.29) is 0 Å². The Morgan fingerprint density at radius 1 is 0.889 bits per heavy atom. The molecule has 0 radical (unpaired) electrons. The molecule has 4 aromatic heterocycles. The molecule has 0 unspecified atom stereocenters. The molecule has 0 spiro atoms. The van der Waals surface area contributed by atoms with Crippen molar-refractivity contribution in [1.29, 1.82) is 0 Å². The number of aromatic nitrogens is 6. The second-order valence-electron chi connectivity index (χ2n) is 6.03. The lowest BCUT2D eigenvalue weighted by atomic mass is 10.2. The fourth-order valence-corrected chi connectivity index (χ4v) is 2.72. The number of anilines is 1. The van der Waals surface area contributed by atoms with Crippen LogP contribution in [0.25, 0.3) is 22.6 Å². The Bertz CT molecular complexity index is 912. The summed E-state index contributed by atoms with van der Waals surface area (Å²) in [5, 5.41) is 3.40. The van der Waals surface area contributed by atoms with Crippen molar-refractivity contribution >= 4 is 5.82 Å². The fraction of sp³-hybridized carbons (Fsp3) is 0.150. The van der Waals surface area contributed by atoms with Crippen LogP contribution in [0.1, 0.15) is 6.42 Å². The number of imidazole rings is 1. The highest BCUT2D eigenvalue weighted by Gasteiger charge is 2.09. The van der Waals surface area contributed by atoms with Crippen molar-refractivity contribution in [2.24, 2.45) is 0 Å². The molecule has 0 aliphatic rings. The third kappa shape index (κ3) is 4.33. The van der Waals surface area contributed by atoms with Gasteiger partial charge in [-0.2, -0.15) is 0 Å². The number of aryl methyl sites for hydroxylation is 1. The van der Waals surface area contributed by atoms with Gasteiger partial charge in [-0.1, -0.05) is 0 Å². The monoisotopic (exact) mass is 357 g/mol. The van der Waals surface area contributed by atoms with E-state index in [0.29, 0.717) is 5.82 Å². The molecule has 0 bridgehead atoms. The van der Waals surface area contributed by atoms with Crippen LogP contribution < -0.4 is 5.32 Å². The molecule has 0 saturated carbocycles. The first kappa shape index (κ1) is 16.8. The van der Waals surface area contributed by atoms with Crippen molar-refractivity contribution in [2.45, 2.75) is 13.0 Å². The van der Waals surface area contributed by atoms with E-state index in [0.717, 1.165) is 42.1 Å².